The normalized spacial score (nSPS) is 18.9. The minimum Gasteiger partial charge on any atom is -0.383 e. The largest absolute Gasteiger partial charge is 0.383 e. The van der Waals surface area contributed by atoms with Crippen molar-refractivity contribution in [2.75, 3.05) is 11.9 Å². The van der Waals surface area contributed by atoms with Gasteiger partial charge in [0.1, 0.15) is 0 Å². The molecule has 19 heavy (non-hydrogen) atoms. The van der Waals surface area contributed by atoms with Crippen molar-refractivity contribution in [3.05, 3.63) is 30.1 Å². The third-order valence-electron chi connectivity index (χ3n) is 3.84. The highest BCUT2D eigenvalue weighted by atomic mass is 15.3. The zero-order valence-electron chi connectivity index (χ0n) is 11.6. The number of nitrogens with one attached hydrogen (secondary N) is 1. The second-order valence-electron chi connectivity index (χ2n) is 5.34. The average Bonchev–Trinajstić information content (AvgIpc) is 2.73. The summed E-state index contributed by atoms with van der Waals surface area (Å²) in [5.74, 6) is 0.746. The van der Waals surface area contributed by atoms with Gasteiger partial charge in [-0.3, -0.25) is 4.68 Å². The maximum absolute atomic E-state index is 4.49. The number of hydrogen-bond acceptors (Lipinski definition) is 3. The molecule has 2 heterocycles. The highest BCUT2D eigenvalue weighted by molar-refractivity contribution is 5.81. The van der Waals surface area contributed by atoms with Crippen molar-refractivity contribution < 1.29 is 0 Å². The molecule has 3 rings (SSSR count). The van der Waals surface area contributed by atoms with Crippen LogP contribution in [0.25, 0.3) is 11.0 Å². The Kier molecular flexibility index (Phi) is 3.23. The van der Waals surface area contributed by atoms with Gasteiger partial charge in [-0.15, -0.1) is 0 Å². The lowest BCUT2D eigenvalue weighted by Crippen LogP contribution is -2.15. The summed E-state index contributed by atoms with van der Waals surface area (Å²) in [6.45, 7) is 3.05. The molecule has 1 aliphatic rings. The molecule has 0 amide bonds. The van der Waals surface area contributed by atoms with E-state index in [-0.39, 0.29) is 0 Å². The van der Waals surface area contributed by atoms with E-state index in [2.05, 4.69) is 33.6 Å². The Labute approximate surface area is 113 Å². The molecule has 1 N–H and O–H groups in total. The summed E-state index contributed by atoms with van der Waals surface area (Å²) in [5.41, 5.74) is 3.08. The van der Waals surface area contributed by atoms with Crippen molar-refractivity contribution in [2.24, 2.45) is 13.0 Å². The quantitative estimate of drug-likeness (QED) is 0.858. The van der Waals surface area contributed by atoms with Crippen LogP contribution in [0.1, 0.15) is 25.0 Å². The molecule has 0 fully saturated rings. The van der Waals surface area contributed by atoms with Crippen LogP contribution in [0.4, 0.5) is 5.69 Å². The molecule has 0 radical (unpaired) electrons. The van der Waals surface area contributed by atoms with Crippen LogP contribution in [0.5, 0.6) is 0 Å². The van der Waals surface area contributed by atoms with Crippen LogP contribution in [-0.4, -0.2) is 21.3 Å². The minimum atomic E-state index is 0.746. The fourth-order valence-electron chi connectivity index (χ4n) is 2.71. The van der Waals surface area contributed by atoms with Crippen LogP contribution < -0.4 is 5.32 Å². The summed E-state index contributed by atoms with van der Waals surface area (Å²) in [4.78, 5) is 4.49. The number of aryl methyl sites for hydroxylation is 2. The number of rotatable bonds is 3. The maximum atomic E-state index is 4.49. The van der Waals surface area contributed by atoms with Crippen LogP contribution in [0.3, 0.4) is 0 Å². The first-order chi connectivity index (χ1) is 9.24. The number of nitrogens with zero attached hydrogens (tertiary/aromatic N) is 3. The Hall–Kier alpha value is -1.84. The van der Waals surface area contributed by atoms with E-state index in [9.17, 15) is 0 Å². The molecule has 0 spiro atoms. The SMILES string of the molecule is Cc1nn(C)c2ncc(NCC3CC=CCC3)cc12. The monoisotopic (exact) mass is 256 g/mol. The number of fused-ring (bicyclic) bond motifs is 1. The number of allylic oxidation sites excluding steroid dienone is 2. The molecule has 2 aromatic rings. The van der Waals surface area contributed by atoms with E-state index in [1.165, 1.54) is 19.3 Å². The lowest BCUT2D eigenvalue weighted by atomic mass is 9.94. The Morgan fingerprint density at radius 2 is 2.32 bits per heavy atom. The zero-order valence-corrected chi connectivity index (χ0v) is 11.6. The molecule has 1 atom stereocenters. The van der Waals surface area contributed by atoms with E-state index >= 15 is 0 Å². The number of anilines is 1. The van der Waals surface area contributed by atoms with Gasteiger partial charge in [0.05, 0.1) is 17.6 Å². The summed E-state index contributed by atoms with van der Waals surface area (Å²) < 4.78 is 1.83. The Morgan fingerprint density at radius 3 is 3.11 bits per heavy atom. The van der Waals surface area contributed by atoms with E-state index in [0.29, 0.717) is 0 Å². The van der Waals surface area contributed by atoms with Gasteiger partial charge in [-0.25, -0.2) is 4.98 Å². The molecular formula is C15H20N4. The molecule has 1 aliphatic carbocycles. The van der Waals surface area contributed by atoms with E-state index in [1.807, 2.05) is 24.9 Å². The van der Waals surface area contributed by atoms with Crippen molar-refractivity contribution >= 4 is 16.7 Å². The fourth-order valence-corrected chi connectivity index (χ4v) is 2.71. The number of pyridine rings is 1. The third-order valence-corrected chi connectivity index (χ3v) is 3.84. The van der Waals surface area contributed by atoms with E-state index in [0.717, 1.165) is 34.9 Å². The van der Waals surface area contributed by atoms with Crippen LogP contribution in [0.15, 0.2) is 24.4 Å². The van der Waals surface area contributed by atoms with Crippen molar-refractivity contribution in [3.63, 3.8) is 0 Å². The molecule has 0 aromatic carbocycles. The molecule has 1 unspecified atom stereocenters. The van der Waals surface area contributed by atoms with Crippen molar-refractivity contribution in [2.45, 2.75) is 26.2 Å². The predicted molar refractivity (Wildman–Crippen MR) is 78.2 cm³/mol. The zero-order chi connectivity index (χ0) is 13.2. The summed E-state index contributed by atoms with van der Waals surface area (Å²) in [6.07, 6.45) is 10.2. The van der Waals surface area contributed by atoms with E-state index in [1.54, 1.807) is 0 Å². The van der Waals surface area contributed by atoms with Gasteiger partial charge in [0.2, 0.25) is 0 Å². The second-order valence-corrected chi connectivity index (χ2v) is 5.34. The molecule has 100 valence electrons. The van der Waals surface area contributed by atoms with Crippen molar-refractivity contribution in [1.29, 1.82) is 0 Å². The standard InChI is InChI=1S/C15H20N4/c1-11-14-8-13(10-17-15(14)19(2)18-11)16-9-12-6-4-3-5-7-12/h3-4,8,10,12,16H,5-7,9H2,1-2H3. The summed E-state index contributed by atoms with van der Waals surface area (Å²) in [5, 5.41) is 9.04. The van der Waals surface area contributed by atoms with Gasteiger partial charge < -0.3 is 5.32 Å². The topological polar surface area (TPSA) is 42.7 Å². The van der Waals surface area contributed by atoms with E-state index < -0.39 is 0 Å². The Bertz CT molecular complexity index is 612. The second kappa shape index (κ2) is 5.03. The smallest absolute Gasteiger partial charge is 0.157 e. The number of hydrogen-bond donors (Lipinski definition) is 1. The Balaban J connectivity index is 1.74. The molecule has 4 nitrogen and oxygen atoms in total. The van der Waals surface area contributed by atoms with Crippen LogP contribution in [0.2, 0.25) is 0 Å². The first-order valence-electron chi connectivity index (χ1n) is 6.92. The van der Waals surface area contributed by atoms with Gasteiger partial charge in [-0.2, -0.15) is 5.10 Å². The first-order valence-corrected chi connectivity index (χ1v) is 6.92. The van der Waals surface area contributed by atoms with Crippen molar-refractivity contribution in [1.82, 2.24) is 14.8 Å². The van der Waals surface area contributed by atoms with Gasteiger partial charge in [-0.05, 0) is 38.2 Å². The lowest BCUT2D eigenvalue weighted by molar-refractivity contribution is 0.504. The fraction of sp³-hybridized carbons (Fsp3) is 0.467. The molecule has 0 bridgehead atoms. The first kappa shape index (κ1) is 12.2. The molecule has 0 aliphatic heterocycles. The predicted octanol–water partition coefficient (Wildman–Crippen LogP) is 3.04. The molecule has 0 saturated carbocycles. The van der Waals surface area contributed by atoms with Gasteiger partial charge in [-0.1, -0.05) is 12.2 Å². The summed E-state index contributed by atoms with van der Waals surface area (Å²) in [6, 6.07) is 2.16. The van der Waals surface area contributed by atoms with Gasteiger partial charge in [0.25, 0.3) is 0 Å². The lowest BCUT2D eigenvalue weighted by Gasteiger charge is -2.18. The summed E-state index contributed by atoms with van der Waals surface area (Å²) in [7, 11) is 1.93. The summed E-state index contributed by atoms with van der Waals surface area (Å²) >= 11 is 0. The third kappa shape index (κ3) is 2.48. The highest BCUT2D eigenvalue weighted by Gasteiger charge is 2.11. The van der Waals surface area contributed by atoms with Crippen LogP contribution >= 0.6 is 0 Å². The molecular weight excluding hydrogens is 236 g/mol. The van der Waals surface area contributed by atoms with Gasteiger partial charge in [0.15, 0.2) is 5.65 Å². The highest BCUT2D eigenvalue weighted by Crippen LogP contribution is 2.22. The molecule has 4 heteroatoms. The van der Waals surface area contributed by atoms with E-state index in [4.69, 9.17) is 0 Å². The minimum absolute atomic E-state index is 0.746. The van der Waals surface area contributed by atoms with Crippen LogP contribution in [0, 0.1) is 12.8 Å². The number of aromatic nitrogens is 3. The van der Waals surface area contributed by atoms with Crippen LogP contribution in [-0.2, 0) is 7.05 Å². The van der Waals surface area contributed by atoms with Gasteiger partial charge >= 0.3 is 0 Å². The maximum Gasteiger partial charge on any atom is 0.157 e. The average molecular weight is 256 g/mol. The van der Waals surface area contributed by atoms with Gasteiger partial charge in [0, 0.05) is 19.0 Å². The molecule has 2 aromatic heterocycles. The van der Waals surface area contributed by atoms with Crippen molar-refractivity contribution in [3.8, 4) is 0 Å². The molecule has 0 saturated heterocycles. The Morgan fingerprint density at radius 1 is 1.42 bits per heavy atom.